The van der Waals surface area contributed by atoms with E-state index in [0.29, 0.717) is 12.0 Å². The summed E-state index contributed by atoms with van der Waals surface area (Å²) in [6.45, 7) is 2.84. The molecule has 2 aromatic rings. The van der Waals surface area contributed by atoms with Gasteiger partial charge in [-0.1, -0.05) is 24.3 Å². The first-order chi connectivity index (χ1) is 13.6. The summed E-state index contributed by atoms with van der Waals surface area (Å²) < 4.78 is 4.75. The van der Waals surface area contributed by atoms with Crippen molar-refractivity contribution in [2.45, 2.75) is 37.8 Å². The van der Waals surface area contributed by atoms with Crippen LogP contribution in [0, 0.1) is 0 Å². The number of para-hydroxylation sites is 1. The van der Waals surface area contributed by atoms with Crippen LogP contribution in [0.1, 0.15) is 52.0 Å². The van der Waals surface area contributed by atoms with Crippen molar-refractivity contribution in [3.8, 4) is 0 Å². The fourth-order valence-electron chi connectivity index (χ4n) is 4.31. The lowest BCUT2D eigenvalue weighted by molar-refractivity contribution is 0.0600. The fraction of sp³-hybridized carbons (Fsp3) is 0.391. The number of carbonyl (C=O) groups excluding carboxylic acids is 2. The van der Waals surface area contributed by atoms with E-state index in [-0.39, 0.29) is 17.3 Å². The van der Waals surface area contributed by atoms with Gasteiger partial charge in [-0.2, -0.15) is 0 Å². The van der Waals surface area contributed by atoms with Crippen LogP contribution >= 0.6 is 0 Å². The Bertz CT molecular complexity index is 868. The summed E-state index contributed by atoms with van der Waals surface area (Å²) in [5.74, 6) is -0.0613. The van der Waals surface area contributed by atoms with Crippen LogP contribution in [0.25, 0.3) is 0 Å². The minimum absolute atomic E-state index is 0.00745. The molecule has 4 rings (SSSR count). The van der Waals surface area contributed by atoms with E-state index in [0.717, 1.165) is 50.1 Å². The molecule has 146 valence electrons. The van der Waals surface area contributed by atoms with E-state index in [9.17, 15) is 9.59 Å². The number of benzene rings is 2. The lowest BCUT2D eigenvalue weighted by Crippen LogP contribution is -2.48. The van der Waals surface area contributed by atoms with E-state index in [4.69, 9.17) is 4.74 Å². The topological polar surface area (TPSA) is 58.6 Å². The van der Waals surface area contributed by atoms with Gasteiger partial charge in [0.25, 0.3) is 0 Å². The Morgan fingerprint density at radius 1 is 1.07 bits per heavy atom. The molecule has 0 aliphatic carbocycles. The molecule has 2 aliphatic rings. The van der Waals surface area contributed by atoms with Gasteiger partial charge in [0.05, 0.1) is 12.7 Å². The molecular weight excluding hydrogens is 352 g/mol. The summed E-state index contributed by atoms with van der Waals surface area (Å²) in [6, 6.07) is 15.5. The maximum absolute atomic E-state index is 12.5. The molecule has 2 heterocycles. The van der Waals surface area contributed by atoms with E-state index in [1.54, 1.807) is 0 Å². The summed E-state index contributed by atoms with van der Waals surface area (Å²) >= 11 is 0. The first-order valence-corrected chi connectivity index (χ1v) is 9.89. The maximum atomic E-state index is 12.5. The molecule has 5 nitrogen and oxygen atoms in total. The SMILES string of the molecule is COC(=O)c1ccc(CN2CCC3(CCC(=O)c4ccccc4N3)CC2)cc1. The number of rotatable bonds is 3. The maximum Gasteiger partial charge on any atom is 0.337 e. The van der Waals surface area contributed by atoms with Gasteiger partial charge in [-0.25, -0.2) is 4.79 Å². The number of carbonyl (C=O) groups is 2. The Morgan fingerprint density at radius 3 is 2.50 bits per heavy atom. The van der Waals surface area contributed by atoms with E-state index >= 15 is 0 Å². The number of nitrogens with one attached hydrogen (secondary N) is 1. The average molecular weight is 378 g/mol. The predicted molar refractivity (Wildman–Crippen MR) is 109 cm³/mol. The summed E-state index contributed by atoms with van der Waals surface area (Å²) in [6.07, 6.45) is 3.55. The van der Waals surface area contributed by atoms with Crippen LogP contribution in [0.15, 0.2) is 48.5 Å². The van der Waals surface area contributed by atoms with Gasteiger partial charge in [0.2, 0.25) is 0 Å². The largest absolute Gasteiger partial charge is 0.465 e. The van der Waals surface area contributed by atoms with E-state index in [1.165, 1.54) is 12.7 Å². The van der Waals surface area contributed by atoms with Crippen LogP contribution in [0.4, 0.5) is 5.69 Å². The zero-order valence-corrected chi connectivity index (χ0v) is 16.2. The molecule has 28 heavy (non-hydrogen) atoms. The highest BCUT2D eigenvalue weighted by Crippen LogP contribution is 2.36. The molecule has 1 saturated heterocycles. The standard InChI is InChI=1S/C23H26N2O3/c1-28-22(27)18-8-6-17(7-9-18)16-25-14-12-23(13-15-25)11-10-21(26)19-4-2-3-5-20(19)24-23/h2-9,24H,10-16H2,1H3. The molecule has 0 unspecified atom stereocenters. The number of fused-ring (bicyclic) bond motifs is 1. The highest BCUT2D eigenvalue weighted by molar-refractivity contribution is 6.02. The van der Waals surface area contributed by atoms with Crippen molar-refractivity contribution in [2.24, 2.45) is 0 Å². The lowest BCUT2D eigenvalue weighted by Gasteiger charge is -2.42. The van der Waals surface area contributed by atoms with Gasteiger partial charge >= 0.3 is 5.97 Å². The van der Waals surface area contributed by atoms with Crippen molar-refractivity contribution < 1.29 is 14.3 Å². The highest BCUT2D eigenvalue weighted by atomic mass is 16.5. The number of Topliss-reactive ketones (excluding diaryl/α,β-unsaturated/α-hetero) is 1. The number of ketones is 1. The van der Waals surface area contributed by atoms with E-state index in [1.807, 2.05) is 48.5 Å². The normalized spacial score (nSPS) is 18.8. The van der Waals surface area contributed by atoms with Crippen LogP contribution in [-0.4, -0.2) is 42.4 Å². The quantitative estimate of drug-likeness (QED) is 0.821. The molecule has 0 aromatic heterocycles. The Morgan fingerprint density at radius 2 is 1.79 bits per heavy atom. The van der Waals surface area contributed by atoms with Crippen LogP contribution < -0.4 is 5.32 Å². The van der Waals surface area contributed by atoms with Crippen LogP contribution in [0.3, 0.4) is 0 Å². The van der Waals surface area contributed by atoms with Crippen molar-refractivity contribution in [1.29, 1.82) is 0 Å². The molecule has 0 bridgehead atoms. The third-order valence-corrected chi connectivity index (χ3v) is 6.05. The van der Waals surface area contributed by atoms with Gasteiger partial charge in [0.1, 0.15) is 0 Å². The van der Waals surface area contributed by atoms with Gasteiger partial charge in [0, 0.05) is 42.8 Å². The molecule has 2 aromatic carbocycles. The second kappa shape index (κ2) is 7.76. The van der Waals surface area contributed by atoms with Crippen molar-refractivity contribution in [3.63, 3.8) is 0 Å². The molecule has 0 saturated carbocycles. The van der Waals surface area contributed by atoms with Crippen LogP contribution in [-0.2, 0) is 11.3 Å². The number of methoxy groups -OCH3 is 1. The minimum Gasteiger partial charge on any atom is -0.465 e. The molecule has 1 N–H and O–H groups in total. The Hall–Kier alpha value is -2.66. The third-order valence-electron chi connectivity index (χ3n) is 6.05. The van der Waals surface area contributed by atoms with Crippen LogP contribution in [0.2, 0.25) is 0 Å². The minimum atomic E-state index is -0.305. The van der Waals surface area contributed by atoms with E-state index < -0.39 is 0 Å². The number of hydrogen-bond donors (Lipinski definition) is 1. The second-order valence-corrected chi connectivity index (χ2v) is 7.84. The zero-order valence-electron chi connectivity index (χ0n) is 16.2. The number of hydrogen-bond acceptors (Lipinski definition) is 5. The molecule has 1 spiro atoms. The molecule has 5 heteroatoms. The lowest BCUT2D eigenvalue weighted by atomic mass is 9.83. The monoisotopic (exact) mass is 378 g/mol. The molecule has 0 atom stereocenters. The molecule has 1 fully saturated rings. The highest BCUT2D eigenvalue weighted by Gasteiger charge is 2.37. The first-order valence-electron chi connectivity index (χ1n) is 9.89. The van der Waals surface area contributed by atoms with Crippen LogP contribution in [0.5, 0.6) is 0 Å². The summed E-state index contributed by atoms with van der Waals surface area (Å²) in [4.78, 5) is 26.5. The smallest absolute Gasteiger partial charge is 0.337 e. The summed E-state index contributed by atoms with van der Waals surface area (Å²) in [5.41, 5.74) is 3.59. The Balaban J connectivity index is 1.39. The Labute approximate surface area is 165 Å². The number of ether oxygens (including phenoxy) is 1. The van der Waals surface area contributed by atoms with E-state index in [2.05, 4.69) is 10.2 Å². The number of esters is 1. The molecule has 2 aliphatic heterocycles. The predicted octanol–water partition coefficient (Wildman–Crippen LogP) is 3.90. The summed E-state index contributed by atoms with van der Waals surface area (Å²) in [7, 11) is 1.40. The fourth-order valence-corrected chi connectivity index (χ4v) is 4.31. The second-order valence-electron chi connectivity index (χ2n) is 7.84. The molecule has 0 radical (unpaired) electrons. The van der Waals surface area contributed by atoms with Gasteiger partial charge in [-0.05, 0) is 49.1 Å². The van der Waals surface area contributed by atoms with Gasteiger partial charge < -0.3 is 10.1 Å². The number of nitrogens with zero attached hydrogens (tertiary/aromatic N) is 1. The number of likely N-dealkylation sites (tertiary alicyclic amines) is 1. The molecule has 0 amide bonds. The average Bonchev–Trinajstić information content (AvgIpc) is 2.87. The molecular formula is C23H26N2O3. The van der Waals surface area contributed by atoms with Crippen molar-refractivity contribution in [3.05, 3.63) is 65.2 Å². The first kappa shape index (κ1) is 18.7. The van der Waals surface area contributed by atoms with Gasteiger partial charge in [0.15, 0.2) is 5.78 Å². The van der Waals surface area contributed by atoms with Crippen molar-refractivity contribution in [1.82, 2.24) is 4.90 Å². The summed E-state index contributed by atoms with van der Waals surface area (Å²) in [5, 5.41) is 3.72. The Kier molecular flexibility index (Phi) is 5.18. The zero-order chi connectivity index (χ0) is 19.6. The third kappa shape index (κ3) is 3.80. The van der Waals surface area contributed by atoms with Gasteiger partial charge in [-0.15, -0.1) is 0 Å². The van der Waals surface area contributed by atoms with Crippen molar-refractivity contribution >= 4 is 17.4 Å². The number of piperidine rings is 1. The van der Waals surface area contributed by atoms with Gasteiger partial charge in [-0.3, -0.25) is 9.69 Å². The van der Waals surface area contributed by atoms with Crippen molar-refractivity contribution in [2.75, 3.05) is 25.5 Å². The number of anilines is 1.